The van der Waals surface area contributed by atoms with Crippen molar-refractivity contribution < 1.29 is 4.74 Å². The summed E-state index contributed by atoms with van der Waals surface area (Å²) in [4.78, 5) is 10.2. The highest BCUT2D eigenvalue weighted by atomic mass is 16.5. The molecule has 0 fully saturated rings. The highest BCUT2D eigenvalue weighted by Crippen LogP contribution is 2.62. The van der Waals surface area contributed by atoms with Crippen molar-refractivity contribution in [1.29, 1.82) is 0 Å². The summed E-state index contributed by atoms with van der Waals surface area (Å²) in [6.07, 6.45) is 5.44. The van der Waals surface area contributed by atoms with Crippen molar-refractivity contribution in [1.82, 2.24) is 9.97 Å². The van der Waals surface area contributed by atoms with E-state index in [0.29, 0.717) is 5.82 Å². The van der Waals surface area contributed by atoms with E-state index in [1.54, 1.807) is 0 Å². The molecule has 8 aromatic carbocycles. The van der Waals surface area contributed by atoms with Crippen LogP contribution in [0.2, 0.25) is 0 Å². The van der Waals surface area contributed by atoms with Gasteiger partial charge in [0.05, 0.1) is 16.8 Å². The van der Waals surface area contributed by atoms with E-state index in [1.807, 2.05) is 24.3 Å². The Balaban J connectivity index is 1.01. The number of para-hydroxylation sites is 1. The van der Waals surface area contributed by atoms with Gasteiger partial charge in [0.15, 0.2) is 5.82 Å². The second kappa shape index (κ2) is 15.6. The summed E-state index contributed by atoms with van der Waals surface area (Å²) in [5.41, 5.74) is 17.6. The number of allylic oxidation sites excluding steroid dienone is 3. The lowest BCUT2D eigenvalue weighted by Crippen LogP contribution is -2.33. The van der Waals surface area contributed by atoms with E-state index in [-0.39, 0.29) is 0 Å². The second-order valence-corrected chi connectivity index (χ2v) is 15.9. The zero-order valence-corrected chi connectivity index (χ0v) is 34.4. The van der Waals surface area contributed by atoms with E-state index in [4.69, 9.17) is 14.7 Å². The van der Waals surface area contributed by atoms with Gasteiger partial charge in [-0.1, -0.05) is 207 Å². The molecule has 2 heterocycles. The predicted octanol–water partition coefficient (Wildman–Crippen LogP) is 15.1. The monoisotopic (exact) mass is 794 g/mol. The molecule has 11 rings (SSSR count). The van der Waals surface area contributed by atoms with E-state index in [1.165, 1.54) is 44.5 Å². The van der Waals surface area contributed by atoms with Crippen LogP contribution < -0.4 is 4.74 Å². The van der Waals surface area contributed by atoms with Gasteiger partial charge in [-0.05, 0) is 80.8 Å². The minimum Gasteiger partial charge on any atom is -0.457 e. The lowest BCUT2D eigenvalue weighted by atomic mass is 9.64. The number of nitrogens with zero attached hydrogens (tertiary/aromatic N) is 2. The van der Waals surface area contributed by atoms with Crippen molar-refractivity contribution >= 4 is 11.6 Å². The maximum Gasteiger partial charge on any atom is 0.160 e. The fourth-order valence-electron chi connectivity index (χ4n) is 9.55. The summed E-state index contributed by atoms with van der Waals surface area (Å²) < 4.78 is 6.77. The summed E-state index contributed by atoms with van der Waals surface area (Å²) in [7, 11) is 0. The first-order chi connectivity index (χ1) is 30.7. The quantitative estimate of drug-likeness (QED) is 0.154. The van der Waals surface area contributed by atoms with Crippen LogP contribution in [-0.4, -0.2) is 9.97 Å². The number of aromatic nitrogens is 2. The summed E-state index contributed by atoms with van der Waals surface area (Å²) in [5.74, 6) is 2.48. The van der Waals surface area contributed by atoms with E-state index in [0.717, 1.165) is 62.7 Å². The van der Waals surface area contributed by atoms with Crippen molar-refractivity contribution in [3.63, 3.8) is 0 Å². The summed E-state index contributed by atoms with van der Waals surface area (Å²) >= 11 is 0. The van der Waals surface area contributed by atoms with Crippen LogP contribution in [0.4, 0.5) is 0 Å². The molecule has 1 atom stereocenters. The van der Waals surface area contributed by atoms with Crippen molar-refractivity contribution in [2.45, 2.75) is 18.8 Å². The Morgan fingerprint density at radius 3 is 1.58 bits per heavy atom. The standard InChI is InChI=1S/C59H42N2O/c1-2-50-49(36-26-40-16-6-3-7-17-40)48-22-12-13-23-51(48)59(50)52-24-14-15-25-56(52)62-57-37-35-47(38-53(57)59)43-29-33-45(34-30-43)55-39-54(60-58(61-55)46-20-10-5-11-21-46)44-31-27-42(28-32-44)41-18-8-4-9-19-41/h3-39H,2H2,1H3/b36-26-. The van der Waals surface area contributed by atoms with E-state index >= 15 is 0 Å². The van der Waals surface area contributed by atoms with Gasteiger partial charge in [0.1, 0.15) is 11.5 Å². The third-order valence-electron chi connectivity index (χ3n) is 12.4. The molecule has 0 N–H and O–H groups in total. The first kappa shape index (κ1) is 37.1. The van der Waals surface area contributed by atoms with E-state index < -0.39 is 5.41 Å². The Labute approximate surface area is 363 Å². The summed E-state index contributed by atoms with van der Waals surface area (Å²) in [6, 6.07) is 75.1. The van der Waals surface area contributed by atoms with Crippen molar-refractivity contribution in [3.8, 4) is 67.7 Å². The molecule has 0 saturated heterocycles. The van der Waals surface area contributed by atoms with Crippen molar-refractivity contribution in [3.05, 3.63) is 252 Å². The zero-order chi connectivity index (χ0) is 41.5. The molecule has 1 aromatic heterocycles. The Morgan fingerprint density at radius 2 is 0.919 bits per heavy atom. The van der Waals surface area contributed by atoms with Gasteiger partial charge in [0.25, 0.3) is 0 Å². The topological polar surface area (TPSA) is 35.0 Å². The molecular formula is C59H42N2O. The smallest absolute Gasteiger partial charge is 0.160 e. The van der Waals surface area contributed by atoms with Crippen LogP contribution in [0.5, 0.6) is 11.5 Å². The Morgan fingerprint density at radius 1 is 0.419 bits per heavy atom. The molecule has 3 nitrogen and oxygen atoms in total. The first-order valence-electron chi connectivity index (χ1n) is 21.4. The minimum absolute atomic E-state index is 0.521. The number of rotatable bonds is 8. The fourth-order valence-corrected chi connectivity index (χ4v) is 9.55. The van der Waals surface area contributed by atoms with Crippen LogP contribution in [0.3, 0.4) is 0 Å². The largest absolute Gasteiger partial charge is 0.457 e. The summed E-state index contributed by atoms with van der Waals surface area (Å²) in [5, 5.41) is 0. The molecule has 0 bridgehead atoms. The van der Waals surface area contributed by atoms with Crippen LogP contribution >= 0.6 is 0 Å². The van der Waals surface area contributed by atoms with Crippen LogP contribution in [0.15, 0.2) is 224 Å². The molecule has 62 heavy (non-hydrogen) atoms. The normalized spacial score (nSPS) is 15.0. The van der Waals surface area contributed by atoms with E-state index in [9.17, 15) is 0 Å². The number of fused-ring (bicyclic) bond motifs is 6. The molecule has 1 spiro atoms. The second-order valence-electron chi connectivity index (χ2n) is 15.9. The minimum atomic E-state index is -0.521. The Kier molecular flexibility index (Phi) is 9.36. The van der Waals surface area contributed by atoms with Crippen LogP contribution in [-0.2, 0) is 5.41 Å². The molecule has 0 saturated carbocycles. The summed E-state index contributed by atoms with van der Waals surface area (Å²) in [6.45, 7) is 2.29. The average molecular weight is 795 g/mol. The van der Waals surface area contributed by atoms with Gasteiger partial charge < -0.3 is 4.74 Å². The van der Waals surface area contributed by atoms with Crippen LogP contribution in [0.1, 0.15) is 41.2 Å². The lowest BCUT2D eigenvalue weighted by Gasteiger charge is -2.41. The van der Waals surface area contributed by atoms with E-state index in [2.05, 4.69) is 207 Å². The number of hydrogen-bond acceptors (Lipinski definition) is 3. The first-order valence-corrected chi connectivity index (χ1v) is 21.4. The molecule has 1 aliphatic heterocycles. The highest BCUT2D eigenvalue weighted by Gasteiger charge is 2.51. The van der Waals surface area contributed by atoms with Crippen molar-refractivity contribution in [2.75, 3.05) is 0 Å². The third-order valence-corrected chi connectivity index (χ3v) is 12.4. The highest BCUT2D eigenvalue weighted by molar-refractivity contribution is 5.94. The number of benzene rings is 8. The predicted molar refractivity (Wildman–Crippen MR) is 255 cm³/mol. The fraction of sp³-hybridized carbons (Fsp3) is 0.0508. The van der Waals surface area contributed by atoms with Crippen LogP contribution in [0, 0.1) is 0 Å². The van der Waals surface area contributed by atoms with Crippen LogP contribution in [0.25, 0.3) is 67.8 Å². The average Bonchev–Trinajstić information content (AvgIpc) is 3.63. The maximum absolute atomic E-state index is 6.77. The molecule has 1 unspecified atom stereocenters. The molecule has 1 aliphatic carbocycles. The van der Waals surface area contributed by atoms with Gasteiger partial charge in [0.2, 0.25) is 0 Å². The van der Waals surface area contributed by atoms with Gasteiger partial charge in [-0.15, -0.1) is 0 Å². The molecule has 3 heteroatoms. The number of ether oxygens (including phenoxy) is 1. The molecule has 0 amide bonds. The van der Waals surface area contributed by atoms with Gasteiger partial charge >= 0.3 is 0 Å². The molecule has 2 aliphatic rings. The Hall–Kier alpha value is -7.88. The SMILES string of the molecule is CCC1=C(/C=C\c2ccccc2)c2ccccc2C12c1ccccc1Oc1ccc(-c3ccc(-c4cc(-c5ccc(-c6ccccc6)cc5)nc(-c5ccccc5)n4)cc3)cc12. The lowest BCUT2D eigenvalue weighted by molar-refractivity contribution is 0.432. The molecule has 9 aromatic rings. The van der Waals surface area contributed by atoms with Gasteiger partial charge in [0, 0.05) is 27.8 Å². The van der Waals surface area contributed by atoms with Gasteiger partial charge in [-0.25, -0.2) is 9.97 Å². The third kappa shape index (κ3) is 6.38. The maximum atomic E-state index is 6.77. The molecule has 294 valence electrons. The molecular weight excluding hydrogens is 753 g/mol. The van der Waals surface area contributed by atoms with Gasteiger partial charge in [-0.2, -0.15) is 0 Å². The zero-order valence-electron chi connectivity index (χ0n) is 34.4. The molecule has 0 radical (unpaired) electrons. The number of hydrogen-bond donors (Lipinski definition) is 0. The van der Waals surface area contributed by atoms with Crippen molar-refractivity contribution in [2.24, 2.45) is 0 Å². The van der Waals surface area contributed by atoms with Gasteiger partial charge in [-0.3, -0.25) is 0 Å². The Bertz CT molecular complexity index is 3150.